The molecule has 2 rings (SSSR count). The van der Waals surface area contributed by atoms with Crippen LogP contribution >= 0.6 is 12.4 Å². The van der Waals surface area contributed by atoms with Crippen molar-refractivity contribution in [3.05, 3.63) is 59.7 Å². The normalized spacial score (nSPS) is 11.2. The molecule has 5 nitrogen and oxygen atoms in total. The van der Waals surface area contributed by atoms with E-state index < -0.39 is 0 Å². The van der Waals surface area contributed by atoms with Crippen LogP contribution in [0.4, 0.5) is 0 Å². The minimum atomic E-state index is -0.106. The van der Waals surface area contributed by atoms with Gasteiger partial charge in [-0.05, 0) is 48.9 Å². The summed E-state index contributed by atoms with van der Waals surface area (Å²) >= 11 is 0. The van der Waals surface area contributed by atoms with Gasteiger partial charge in [-0.2, -0.15) is 0 Å². The summed E-state index contributed by atoms with van der Waals surface area (Å²) in [5, 5.41) is 5.95. The zero-order valence-electron chi connectivity index (χ0n) is 14.7. The Morgan fingerprint density at radius 2 is 1.48 bits per heavy atom. The predicted octanol–water partition coefficient (Wildman–Crippen LogP) is 2.75. The number of benzene rings is 2. The second kappa shape index (κ2) is 10.6. The van der Waals surface area contributed by atoms with Crippen LogP contribution in [0.5, 0.6) is 11.5 Å². The van der Waals surface area contributed by atoms with E-state index in [1.54, 1.807) is 21.3 Å². The molecule has 0 aromatic heterocycles. The molecule has 0 saturated carbocycles. The zero-order valence-corrected chi connectivity index (χ0v) is 15.6. The number of likely N-dealkylation sites (N-methyl/N-ethyl adjacent to an activating group) is 1. The van der Waals surface area contributed by atoms with E-state index in [0.717, 1.165) is 22.6 Å². The first-order valence-corrected chi connectivity index (χ1v) is 7.87. The van der Waals surface area contributed by atoms with E-state index in [4.69, 9.17) is 9.47 Å². The molecule has 6 heteroatoms. The molecule has 0 aliphatic rings. The third kappa shape index (κ3) is 6.29. The highest BCUT2D eigenvalue weighted by molar-refractivity contribution is 5.85. The lowest BCUT2D eigenvalue weighted by Gasteiger charge is -2.20. The Hall–Kier alpha value is -2.24. The standard InChI is InChI=1S/C19H24N2O3.ClH/c1-20-13-19(22)21-18(15-6-10-17(24-3)11-7-15)12-14-4-8-16(23-2)9-5-14;/h4-11,18,20H,12-13H2,1-3H3,(H,21,22);1H. The van der Waals surface area contributed by atoms with Crippen molar-refractivity contribution >= 4 is 18.3 Å². The van der Waals surface area contributed by atoms with Crippen molar-refractivity contribution in [2.75, 3.05) is 27.8 Å². The second-order valence-electron chi connectivity index (χ2n) is 5.48. The summed E-state index contributed by atoms with van der Waals surface area (Å²) in [5.74, 6) is 1.58. The van der Waals surface area contributed by atoms with Crippen LogP contribution in [-0.2, 0) is 11.2 Å². The fraction of sp³-hybridized carbons (Fsp3) is 0.316. The van der Waals surface area contributed by atoms with Crippen LogP contribution < -0.4 is 20.1 Å². The number of ether oxygens (including phenoxy) is 2. The molecule has 0 saturated heterocycles. The molecule has 1 atom stereocenters. The molecular weight excluding hydrogens is 340 g/mol. The van der Waals surface area contributed by atoms with Crippen LogP contribution in [0, 0.1) is 0 Å². The third-order valence-corrected chi connectivity index (χ3v) is 3.79. The lowest BCUT2D eigenvalue weighted by atomic mass is 9.98. The Labute approximate surface area is 155 Å². The maximum Gasteiger partial charge on any atom is 0.234 e. The summed E-state index contributed by atoms with van der Waals surface area (Å²) in [4.78, 5) is 12.0. The van der Waals surface area contributed by atoms with Crippen molar-refractivity contribution in [2.24, 2.45) is 0 Å². The molecule has 136 valence electrons. The Morgan fingerprint density at radius 1 is 0.960 bits per heavy atom. The molecule has 1 amide bonds. The fourth-order valence-corrected chi connectivity index (χ4v) is 2.49. The number of hydrogen-bond donors (Lipinski definition) is 2. The number of amides is 1. The molecule has 0 aliphatic carbocycles. The summed E-state index contributed by atoms with van der Waals surface area (Å²) in [6.45, 7) is 0.287. The van der Waals surface area contributed by atoms with E-state index >= 15 is 0 Å². The van der Waals surface area contributed by atoms with Crippen LogP contribution in [0.15, 0.2) is 48.5 Å². The van der Waals surface area contributed by atoms with E-state index in [2.05, 4.69) is 10.6 Å². The Morgan fingerprint density at radius 3 is 1.96 bits per heavy atom. The quantitative estimate of drug-likeness (QED) is 0.756. The largest absolute Gasteiger partial charge is 0.497 e. The average Bonchev–Trinajstić information content (AvgIpc) is 2.62. The smallest absolute Gasteiger partial charge is 0.234 e. The van der Waals surface area contributed by atoms with Crippen LogP contribution in [0.25, 0.3) is 0 Å². The van der Waals surface area contributed by atoms with Gasteiger partial charge in [-0.1, -0.05) is 24.3 Å². The molecule has 2 aromatic rings. The number of halogens is 1. The van der Waals surface area contributed by atoms with Crippen molar-refractivity contribution in [3.63, 3.8) is 0 Å². The van der Waals surface area contributed by atoms with Crippen LogP contribution in [0.3, 0.4) is 0 Å². The highest BCUT2D eigenvalue weighted by Gasteiger charge is 2.15. The first-order valence-electron chi connectivity index (χ1n) is 7.87. The van der Waals surface area contributed by atoms with Gasteiger partial charge in [-0.25, -0.2) is 0 Å². The average molecular weight is 365 g/mol. The van der Waals surface area contributed by atoms with Crippen LogP contribution in [0.2, 0.25) is 0 Å². The van der Waals surface area contributed by atoms with E-state index in [9.17, 15) is 4.79 Å². The summed E-state index contributed by atoms with van der Waals surface area (Å²) < 4.78 is 10.4. The van der Waals surface area contributed by atoms with Gasteiger partial charge < -0.3 is 20.1 Å². The molecule has 0 heterocycles. The minimum absolute atomic E-state index is 0. The number of methoxy groups -OCH3 is 2. The SMILES string of the molecule is CNCC(=O)NC(Cc1ccc(OC)cc1)c1ccc(OC)cc1.Cl. The van der Waals surface area contributed by atoms with Crippen molar-refractivity contribution < 1.29 is 14.3 Å². The molecule has 0 bridgehead atoms. The topological polar surface area (TPSA) is 59.6 Å². The maximum atomic E-state index is 12.0. The predicted molar refractivity (Wildman–Crippen MR) is 102 cm³/mol. The van der Waals surface area contributed by atoms with Gasteiger partial charge in [0.25, 0.3) is 0 Å². The van der Waals surface area contributed by atoms with Crippen molar-refractivity contribution in [1.29, 1.82) is 0 Å². The maximum absolute atomic E-state index is 12.0. The lowest BCUT2D eigenvalue weighted by molar-refractivity contribution is -0.120. The molecule has 25 heavy (non-hydrogen) atoms. The number of nitrogens with one attached hydrogen (secondary N) is 2. The van der Waals surface area contributed by atoms with Gasteiger partial charge in [0.05, 0.1) is 26.8 Å². The molecule has 1 unspecified atom stereocenters. The Kier molecular flexibility index (Phi) is 8.81. The zero-order chi connectivity index (χ0) is 17.4. The highest BCUT2D eigenvalue weighted by atomic mass is 35.5. The monoisotopic (exact) mass is 364 g/mol. The lowest BCUT2D eigenvalue weighted by Crippen LogP contribution is -2.36. The van der Waals surface area contributed by atoms with E-state index in [0.29, 0.717) is 6.42 Å². The van der Waals surface area contributed by atoms with Crippen molar-refractivity contribution in [1.82, 2.24) is 10.6 Å². The molecule has 2 N–H and O–H groups in total. The van der Waals surface area contributed by atoms with Crippen LogP contribution in [0.1, 0.15) is 17.2 Å². The van der Waals surface area contributed by atoms with Gasteiger partial charge in [0, 0.05) is 0 Å². The van der Waals surface area contributed by atoms with Gasteiger partial charge in [0.15, 0.2) is 0 Å². The molecule has 0 radical (unpaired) electrons. The number of carbonyl (C=O) groups excluding carboxylic acids is 1. The first kappa shape index (κ1) is 20.8. The Balaban J connectivity index is 0.00000312. The number of carbonyl (C=O) groups is 1. The van der Waals surface area contributed by atoms with Crippen LogP contribution in [-0.4, -0.2) is 33.7 Å². The molecule has 0 fully saturated rings. The van der Waals surface area contributed by atoms with E-state index in [1.807, 2.05) is 48.5 Å². The minimum Gasteiger partial charge on any atom is -0.497 e. The summed E-state index contributed by atoms with van der Waals surface area (Å²) in [5.41, 5.74) is 2.16. The summed E-state index contributed by atoms with van der Waals surface area (Å²) in [6, 6.07) is 15.5. The van der Waals surface area contributed by atoms with E-state index in [1.165, 1.54) is 0 Å². The molecule has 0 spiro atoms. The molecule has 2 aromatic carbocycles. The third-order valence-electron chi connectivity index (χ3n) is 3.79. The number of hydrogen-bond acceptors (Lipinski definition) is 4. The molecular formula is C19H25ClN2O3. The fourth-order valence-electron chi connectivity index (χ4n) is 2.49. The Bertz CT molecular complexity index is 645. The van der Waals surface area contributed by atoms with Gasteiger partial charge in [-0.15, -0.1) is 12.4 Å². The van der Waals surface area contributed by atoms with Gasteiger partial charge in [0.2, 0.25) is 5.91 Å². The van der Waals surface area contributed by atoms with Gasteiger partial charge >= 0.3 is 0 Å². The summed E-state index contributed by atoms with van der Waals surface area (Å²) in [7, 11) is 5.04. The van der Waals surface area contributed by atoms with Gasteiger partial charge in [0.1, 0.15) is 11.5 Å². The first-order chi connectivity index (χ1) is 11.7. The van der Waals surface area contributed by atoms with Gasteiger partial charge in [-0.3, -0.25) is 4.79 Å². The van der Waals surface area contributed by atoms with Crippen molar-refractivity contribution in [2.45, 2.75) is 12.5 Å². The van der Waals surface area contributed by atoms with Crippen molar-refractivity contribution in [3.8, 4) is 11.5 Å². The highest BCUT2D eigenvalue weighted by Crippen LogP contribution is 2.22. The second-order valence-corrected chi connectivity index (χ2v) is 5.48. The van der Waals surface area contributed by atoms with E-state index in [-0.39, 0.29) is 30.9 Å². The summed E-state index contributed by atoms with van der Waals surface area (Å²) in [6.07, 6.45) is 0.700. The molecule has 0 aliphatic heterocycles. The number of rotatable bonds is 8.